The lowest BCUT2D eigenvalue weighted by Crippen LogP contribution is -2.37. The molecule has 6 heteroatoms. The lowest BCUT2D eigenvalue weighted by molar-refractivity contribution is -0.0907. The summed E-state index contributed by atoms with van der Waals surface area (Å²) in [6.45, 7) is 1.08. The molecular weight excluding hydrogens is 324 g/mol. The summed E-state index contributed by atoms with van der Waals surface area (Å²) in [5.74, 6) is 0. The van der Waals surface area contributed by atoms with Crippen LogP contribution in [0, 0.1) is 0 Å². The number of rotatable bonds is 5. The molecule has 0 radical (unpaired) electrons. The first-order valence-corrected chi connectivity index (χ1v) is 7.98. The molecule has 114 valence electrons. The fourth-order valence-electron chi connectivity index (χ4n) is 2.87. The Morgan fingerprint density at radius 2 is 2.05 bits per heavy atom. The van der Waals surface area contributed by atoms with E-state index in [1.165, 1.54) is 0 Å². The molecule has 5 nitrogen and oxygen atoms in total. The number of aliphatic hydroxyl groups excluding tert-OH is 1. The third kappa shape index (κ3) is 3.42. The Balaban J connectivity index is 2.22. The summed E-state index contributed by atoms with van der Waals surface area (Å²) in [6, 6.07) is 0. The third-order valence-corrected chi connectivity index (χ3v) is 4.69. The van der Waals surface area contributed by atoms with E-state index in [-0.39, 0.29) is 0 Å². The molecule has 0 amide bonds. The number of nitrogens with zero attached hydrogens (tertiary/aromatic N) is 2. The predicted octanol–water partition coefficient (Wildman–Crippen LogP) is 2.41. The summed E-state index contributed by atoms with van der Waals surface area (Å²) in [7, 11) is 1.63. The summed E-state index contributed by atoms with van der Waals surface area (Å²) >= 11 is 3.42. The van der Waals surface area contributed by atoms with Gasteiger partial charge in [-0.15, -0.1) is 0 Å². The van der Waals surface area contributed by atoms with Gasteiger partial charge in [0.1, 0.15) is 6.10 Å². The number of aliphatic hydroxyl groups is 2. The third-order valence-electron chi connectivity index (χ3n) is 4.08. The van der Waals surface area contributed by atoms with Gasteiger partial charge in [0, 0.05) is 7.11 Å². The van der Waals surface area contributed by atoms with Crippen molar-refractivity contribution in [1.82, 2.24) is 9.78 Å². The van der Waals surface area contributed by atoms with E-state index in [0.717, 1.165) is 30.2 Å². The van der Waals surface area contributed by atoms with Crippen LogP contribution in [0.2, 0.25) is 0 Å². The molecule has 0 bridgehead atoms. The molecular formula is C14H23BrN2O3. The molecule has 1 aromatic rings. The lowest BCUT2D eigenvalue weighted by atomic mass is 9.86. The zero-order valence-corrected chi connectivity index (χ0v) is 13.5. The number of ether oxygens (including phenoxy) is 1. The van der Waals surface area contributed by atoms with Gasteiger partial charge in [-0.1, -0.05) is 25.7 Å². The highest BCUT2D eigenvalue weighted by Crippen LogP contribution is 2.39. The molecule has 2 N–H and O–H groups in total. The largest absolute Gasteiger partial charge is 0.387 e. The number of aromatic nitrogens is 2. The van der Waals surface area contributed by atoms with E-state index < -0.39 is 11.7 Å². The van der Waals surface area contributed by atoms with Crippen molar-refractivity contribution in [3.05, 3.63) is 16.4 Å². The molecule has 0 saturated heterocycles. The SMILES string of the molecule is COCCn1ncc(Br)c1C(O)C1(O)CCCCCC1. The van der Waals surface area contributed by atoms with Crippen molar-refractivity contribution in [2.75, 3.05) is 13.7 Å². The second-order valence-corrected chi connectivity index (χ2v) is 6.37. The second kappa shape index (κ2) is 7.02. The first-order chi connectivity index (χ1) is 9.58. The van der Waals surface area contributed by atoms with Gasteiger partial charge in [-0.3, -0.25) is 4.68 Å². The maximum absolute atomic E-state index is 10.8. The number of methoxy groups -OCH3 is 1. The van der Waals surface area contributed by atoms with E-state index in [9.17, 15) is 10.2 Å². The van der Waals surface area contributed by atoms with Crippen molar-refractivity contribution >= 4 is 15.9 Å². The van der Waals surface area contributed by atoms with Crippen LogP contribution in [0.1, 0.15) is 50.3 Å². The highest BCUT2D eigenvalue weighted by Gasteiger charge is 2.39. The Morgan fingerprint density at radius 3 is 2.65 bits per heavy atom. The van der Waals surface area contributed by atoms with Crippen molar-refractivity contribution in [1.29, 1.82) is 0 Å². The van der Waals surface area contributed by atoms with Crippen LogP contribution in [0.3, 0.4) is 0 Å². The Labute approximate surface area is 128 Å². The van der Waals surface area contributed by atoms with Gasteiger partial charge in [0.2, 0.25) is 0 Å². The van der Waals surface area contributed by atoms with Gasteiger partial charge in [-0.25, -0.2) is 0 Å². The fraction of sp³-hybridized carbons (Fsp3) is 0.786. The van der Waals surface area contributed by atoms with Crippen LogP contribution in [-0.2, 0) is 11.3 Å². The standard InChI is InChI=1S/C14H23BrN2O3/c1-20-9-8-17-12(11(15)10-16-17)13(18)14(19)6-4-2-3-5-7-14/h10,13,18-19H,2-9H2,1H3. The Morgan fingerprint density at radius 1 is 1.40 bits per heavy atom. The van der Waals surface area contributed by atoms with Gasteiger partial charge in [-0.05, 0) is 28.8 Å². The molecule has 2 rings (SSSR count). The molecule has 1 aliphatic carbocycles. The Kier molecular flexibility index (Phi) is 5.60. The summed E-state index contributed by atoms with van der Waals surface area (Å²) in [5, 5.41) is 25.8. The molecule has 0 spiro atoms. The maximum atomic E-state index is 10.8. The fourth-order valence-corrected chi connectivity index (χ4v) is 3.38. The van der Waals surface area contributed by atoms with Crippen LogP contribution in [0.25, 0.3) is 0 Å². The summed E-state index contributed by atoms with van der Waals surface area (Å²) in [5.41, 5.74) is -0.407. The molecule has 1 unspecified atom stereocenters. The van der Waals surface area contributed by atoms with E-state index in [2.05, 4.69) is 21.0 Å². The van der Waals surface area contributed by atoms with Gasteiger partial charge in [0.15, 0.2) is 0 Å². The average molecular weight is 347 g/mol. The van der Waals surface area contributed by atoms with Crippen LogP contribution < -0.4 is 0 Å². The van der Waals surface area contributed by atoms with Crippen LogP contribution in [0.15, 0.2) is 10.7 Å². The van der Waals surface area contributed by atoms with Gasteiger partial charge >= 0.3 is 0 Å². The Bertz CT molecular complexity index is 428. The molecule has 1 aromatic heterocycles. The van der Waals surface area contributed by atoms with Crippen molar-refractivity contribution in [3.8, 4) is 0 Å². The number of halogens is 1. The zero-order chi connectivity index (χ0) is 14.6. The van der Waals surface area contributed by atoms with Gasteiger partial charge in [-0.2, -0.15) is 5.10 Å². The Hall–Kier alpha value is -0.430. The minimum Gasteiger partial charge on any atom is -0.387 e. The van der Waals surface area contributed by atoms with Crippen molar-refractivity contribution < 1.29 is 14.9 Å². The molecule has 1 atom stereocenters. The maximum Gasteiger partial charge on any atom is 0.125 e. The van der Waals surface area contributed by atoms with E-state index in [1.54, 1.807) is 18.0 Å². The van der Waals surface area contributed by atoms with E-state index >= 15 is 0 Å². The normalized spacial score (nSPS) is 20.6. The van der Waals surface area contributed by atoms with Crippen LogP contribution in [-0.4, -0.2) is 39.3 Å². The predicted molar refractivity (Wildman–Crippen MR) is 79.4 cm³/mol. The molecule has 1 fully saturated rings. The minimum atomic E-state index is -1.05. The minimum absolute atomic E-state index is 0.520. The zero-order valence-electron chi connectivity index (χ0n) is 11.9. The van der Waals surface area contributed by atoms with Gasteiger partial charge < -0.3 is 14.9 Å². The van der Waals surface area contributed by atoms with Crippen LogP contribution >= 0.6 is 15.9 Å². The molecule has 1 heterocycles. The summed E-state index contributed by atoms with van der Waals surface area (Å²) in [6.07, 6.45) is 6.17. The average Bonchev–Trinajstić information content (AvgIpc) is 2.64. The monoisotopic (exact) mass is 346 g/mol. The molecule has 1 saturated carbocycles. The quantitative estimate of drug-likeness (QED) is 0.803. The van der Waals surface area contributed by atoms with E-state index in [0.29, 0.717) is 31.7 Å². The van der Waals surface area contributed by atoms with E-state index in [4.69, 9.17) is 4.74 Å². The smallest absolute Gasteiger partial charge is 0.125 e. The number of hydrogen-bond donors (Lipinski definition) is 2. The van der Waals surface area contributed by atoms with Crippen molar-refractivity contribution in [2.24, 2.45) is 0 Å². The summed E-state index contributed by atoms with van der Waals surface area (Å²) in [4.78, 5) is 0. The number of hydrogen-bond acceptors (Lipinski definition) is 4. The molecule has 0 aliphatic heterocycles. The first-order valence-electron chi connectivity index (χ1n) is 7.19. The van der Waals surface area contributed by atoms with E-state index in [1.807, 2.05) is 0 Å². The first kappa shape index (κ1) is 15.9. The van der Waals surface area contributed by atoms with Crippen molar-refractivity contribution in [2.45, 2.75) is 56.8 Å². The topological polar surface area (TPSA) is 67.5 Å². The summed E-state index contributed by atoms with van der Waals surface area (Å²) < 4.78 is 7.50. The highest BCUT2D eigenvalue weighted by molar-refractivity contribution is 9.10. The lowest BCUT2D eigenvalue weighted by Gasteiger charge is -2.32. The van der Waals surface area contributed by atoms with Crippen LogP contribution in [0.4, 0.5) is 0 Å². The second-order valence-electron chi connectivity index (χ2n) is 5.51. The molecule has 0 aromatic carbocycles. The highest BCUT2D eigenvalue weighted by atomic mass is 79.9. The van der Waals surface area contributed by atoms with Crippen LogP contribution in [0.5, 0.6) is 0 Å². The van der Waals surface area contributed by atoms with Gasteiger partial charge in [0.05, 0.1) is 35.1 Å². The molecule has 1 aliphatic rings. The molecule has 20 heavy (non-hydrogen) atoms. The van der Waals surface area contributed by atoms with Crippen molar-refractivity contribution in [3.63, 3.8) is 0 Å². The van der Waals surface area contributed by atoms with Gasteiger partial charge in [0.25, 0.3) is 0 Å².